The number of oxime groups is 1. The van der Waals surface area contributed by atoms with Gasteiger partial charge >= 0.3 is 0 Å². The Kier molecular flexibility index (Phi) is 4.29. The number of halogens is 2. The van der Waals surface area contributed by atoms with E-state index in [4.69, 9.17) is 10.9 Å². The van der Waals surface area contributed by atoms with Crippen molar-refractivity contribution in [3.8, 4) is 0 Å². The predicted molar refractivity (Wildman–Crippen MR) is 77.3 cm³/mol. The van der Waals surface area contributed by atoms with Gasteiger partial charge in [-0.05, 0) is 47.3 Å². The van der Waals surface area contributed by atoms with Crippen LogP contribution in [0.5, 0.6) is 0 Å². The molecule has 0 aliphatic carbocycles. The predicted octanol–water partition coefficient (Wildman–Crippen LogP) is 3.06. The van der Waals surface area contributed by atoms with Crippen molar-refractivity contribution in [3.63, 3.8) is 0 Å². The highest BCUT2D eigenvalue weighted by molar-refractivity contribution is 9.10. The van der Waals surface area contributed by atoms with Crippen molar-refractivity contribution < 1.29 is 9.60 Å². The maximum Gasteiger partial charge on any atom is 0.171 e. The number of nitrogens with two attached hydrogens (primary N) is 1. The van der Waals surface area contributed by atoms with Crippen LogP contribution in [-0.2, 0) is 0 Å². The molecule has 0 bridgehead atoms. The summed E-state index contributed by atoms with van der Waals surface area (Å²) in [5.41, 5.74) is 6.44. The summed E-state index contributed by atoms with van der Waals surface area (Å²) >= 11 is 3.19. The summed E-state index contributed by atoms with van der Waals surface area (Å²) < 4.78 is 14.7. The Balaban J connectivity index is 2.41. The zero-order valence-electron chi connectivity index (χ0n) is 10.7. The van der Waals surface area contributed by atoms with Crippen LogP contribution >= 0.6 is 15.9 Å². The summed E-state index contributed by atoms with van der Waals surface area (Å²) in [4.78, 5) is 2.09. The molecule has 0 aromatic heterocycles. The Morgan fingerprint density at radius 2 is 2.37 bits per heavy atom. The molecule has 104 valence electrons. The van der Waals surface area contributed by atoms with E-state index in [1.165, 1.54) is 0 Å². The number of hydrogen-bond donors (Lipinski definition) is 2. The first-order valence-electron chi connectivity index (χ1n) is 6.32. The van der Waals surface area contributed by atoms with Gasteiger partial charge in [-0.2, -0.15) is 0 Å². The van der Waals surface area contributed by atoms with Gasteiger partial charge in [-0.3, -0.25) is 0 Å². The van der Waals surface area contributed by atoms with E-state index in [-0.39, 0.29) is 16.1 Å². The number of hydrogen-bond acceptors (Lipinski definition) is 3. The minimum atomic E-state index is -0.357. The van der Waals surface area contributed by atoms with Gasteiger partial charge in [0.15, 0.2) is 11.7 Å². The van der Waals surface area contributed by atoms with E-state index >= 15 is 0 Å². The summed E-state index contributed by atoms with van der Waals surface area (Å²) in [6.45, 7) is 2.98. The highest BCUT2D eigenvalue weighted by Gasteiger charge is 2.27. The second-order valence-electron chi connectivity index (χ2n) is 4.64. The average Bonchev–Trinajstić information content (AvgIpc) is 2.89. The van der Waals surface area contributed by atoms with Crippen LogP contribution in [0.15, 0.2) is 21.8 Å². The molecule has 1 unspecified atom stereocenters. The molecular formula is C13H17BrFN3O. The van der Waals surface area contributed by atoms with Gasteiger partial charge in [-0.1, -0.05) is 12.1 Å². The second kappa shape index (κ2) is 5.77. The van der Waals surface area contributed by atoms with Gasteiger partial charge in [0.05, 0.1) is 10.2 Å². The number of amidine groups is 1. The van der Waals surface area contributed by atoms with Crippen molar-refractivity contribution in [2.24, 2.45) is 10.9 Å². The van der Waals surface area contributed by atoms with E-state index in [0.29, 0.717) is 17.3 Å². The van der Waals surface area contributed by atoms with Gasteiger partial charge in [0.25, 0.3) is 0 Å². The zero-order valence-corrected chi connectivity index (χ0v) is 12.3. The smallest absolute Gasteiger partial charge is 0.171 e. The third kappa shape index (κ3) is 2.54. The lowest BCUT2D eigenvalue weighted by molar-refractivity contribution is 0.318. The van der Waals surface area contributed by atoms with E-state index in [1.54, 1.807) is 12.1 Å². The fourth-order valence-corrected chi connectivity index (χ4v) is 3.13. The molecule has 0 saturated carbocycles. The molecular weight excluding hydrogens is 313 g/mol. The Morgan fingerprint density at radius 1 is 1.63 bits per heavy atom. The summed E-state index contributed by atoms with van der Waals surface area (Å²) in [5, 5.41) is 11.6. The lowest BCUT2D eigenvalue weighted by Crippen LogP contribution is -2.29. The van der Waals surface area contributed by atoms with Crippen molar-refractivity contribution >= 4 is 27.5 Å². The summed E-state index contributed by atoms with van der Waals surface area (Å²) in [7, 11) is 0. The van der Waals surface area contributed by atoms with Crippen LogP contribution in [0.3, 0.4) is 0 Å². The molecule has 0 spiro atoms. The molecule has 19 heavy (non-hydrogen) atoms. The first-order chi connectivity index (χ1) is 9.10. The molecule has 1 heterocycles. The second-order valence-corrected chi connectivity index (χ2v) is 5.44. The summed E-state index contributed by atoms with van der Waals surface area (Å²) in [6.07, 6.45) is 3.17. The minimum Gasteiger partial charge on any atom is -0.409 e. The van der Waals surface area contributed by atoms with Crippen molar-refractivity contribution in [1.82, 2.24) is 0 Å². The Bertz CT molecular complexity index is 507. The van der Waals surface area contributed by atoms with Crippen LogP contribution in [-0.4, -0.2) is 23.6 Å². The molecule has 1 aliphatic heterocycles. The molecule has 6 heteroatoms. The molecule has 4 nitrogen and oxygen atoms in total. The maximum atomic E-state index is 14.4. The van der Waals surface area contributed by atoms with Crippen molar-refractivity contribution in [2.45, 2.75) is 32.2 Å². The molecule has 1 fully saturated rings. The Hall–Kier alpha value is -1.30. The molecule has 1 atom stereocenters. The standard InChI is InChI=1S/C13H17BrFN3O/c1-2-8-4-3-7-18(8)10-6-5-9(13(16)17-19)11(14)12(10)15/h5-6,8,19H,2-4,7H2,1H3,(H2,16,17). The third-order valence-corrected chi connectivity index (χ3v) is 4.38. The van der Waals surface area contributed by atoms with Gasteiger partial charge in [0, 0.05) is 18.2 Å². The monoisotopic (exact) mass is 329 g/mol. The quantitative estimate of drug-likeness (QED) is 0.388. The van der Waals surface area contributed by atoms with Gasteiger partial charge in [0.1, 0.15) is 0 Å². The van der Waals surface area contributed by atoms with Crippen LogP contribution < -0.4 is 10.6 Å². The van der Waals surface area contributed by atoms with E-state index < -0.39 is 0 Å². The SMILES string of the molecule is CCC1CCCN1c1ccc(/C(N)=N/O)c(Br)c1F. The minimum absolute atomic E-state index is 0.106. The van der Waals surface area contributed by atoms with E-state index in [1.807, 2.05) is 0 Å². The van der Waals surface area contributed by atoms with Gasteiger partial charge in [-0.15, -0.1) is 0 Å². The molecule has 1 aromatic rings. The molecule has 1 aliphatic rings. The van der Waals surface area contributed by atoms with Crippen LogP contribution in [0.25, 0.3) is 0 Å². The maximum absolute atomic E-state index is 14.4. The van der Waals surface area contributed by atoms with Crippen LogP contribution in [0, 0.1) is 5.82 Å². The number of nitrogens with zero attached hydrogens (tertiary/aromatic N) is 2. The van der Waals surface area contributed by atoms with E-state index in [2.05, 4.69) is 32.9 Å². The molecule has 2 rings (SSSR count). The molecule has 0 radical (unpaired) electrons. The van der Waals surface area contributed by atoms with E-state index in [0.717, 1.165) is 25.8 Å². The lowest BCUT2D eigenvalue weighted by atomic mass is 10.1. The summed E-state index contributed by atoms with van der Waals surface area (Å²) in [5.74, 6) is -0.463. The van der Waals surface area contributed by atoms with Crippen molar-refractivity contribution in [3.05, 3.63) is 28.0 Å². The number of rotatable bonds is 3. The molecule has 3 N–H and O–H groups in total. The lowest BCUT2D eigenvalue weighted by Gasteiger charge is -2.27. The van der Waals surface area contributed by atoms with Crippen LogP contribution in [0.2, 0.25) is 0 Å². The normalized spacial score (nSPS) is 20.1. The third-order valence-electron chi connectivity index (χ3n) is 3.60. The zero-order chi connectivity index (χ0) is 14.0. The first kappa shape index (κ1) is 14.1. The topological polar surface area (TPSA) is 61.8 Å². The Morgan fingerprint density at radius 3 is 3.00 bits per heavy atom. The first-order valence-corrected chi connectivity index (χ1v) is 7.12. The molecule has 1 saturated heterocycles. The fourth-order valence-electron chi connectivity index (χ4n) is 2.59. The van der Waals surface area contributed by atoms with Crippen LogP contribution in [0.1, 0.15) is 31.7 Å². The highest BCUT2D eigenvalue weighted by Crippen LogP contribution is 2.34. The largest absolute Gasteiger partial charge is 0.409 e. The molecule has 0 amide bonds. The molecule has 1 aromatic carbocycles. The highest BCUT2D eigenvalue weighted by atomic mass is 79.9. The average molecular weight is 330 g/mol. The fraction of sp³-hybridized carbons (Fsp3) is 0.462. The van der Waals surface area contributed by atoms with Gasteiger partial charge < -0.3 is 15.8 Å². The van der Waals surface area contributed by atoms with Crippen LogP contribution in [0.4, 0.5) is 10.1 Å². The number of benzene rings is 1. The summed E-state index contributed by atoms with van der Waals surface area (Å²) in [6, 6.07) is 3.75. The number of anilines is 1. The van der Waals surface area contributed by atoms with Gasteiger partial charge in [0.2, 0.25) is 0 Å². The Labute approximate surface area is 120 Å². The van der Waals surface area contributed by atoms with Crippen molar-refractivity contribution in [1.29, 1.82) is 0 Å². The van der Waals surface area contributed by atoms with Crippen molar-refractivity contribution in [2.75, 3.05) is 11.4 Å². The van der Waals surface area contributed by atoms with Gasteiger partial charge in [-0.25, -0.2) is 4.39 Å². The van der Waals surface area contributed by atoms with E-state index in [9.17, 15) is 4.39 Å².